The summed E-state index contributed by atoms with van der Waals surface area (Å²) in [5.41, 5.74) is 0.576. The van der Waals surface area contributed by atoms with E-state index < -0.39 is 11.6 Å². The predicted octanol–water partition coefficient (Wildman–Crippen LogP) is 2.20. The molecule has 0 radical (unpaired) electrons. The van der Waals surface area contributed by atoms with Crippen molar-refractivity contribution in [2.75, 3.05) is 7.05 Å². The Balaban J connectivity index is 2.92. The molecule has 1 aromatic carbocycles. The van der Waals surface area contributed by atoms with Gasteiger partial charge in [-0.15, -0.1) is 0 Å². The predicted molar refractivity (Wildman–Crippen MR) is 53.5 cm³/mol. The standard InChI is InChI=1S/C11H13F2NO/c1-7(15)5-11(14-2)8-3-4-9(12)10(13)6-8/h3-4,6,11,14H,5H2,1-2H3. The number of benzene rings is 1. The van der Waals surface area contributed by atoms with Crippen LogP contribution in [0.3, 0.4) is 0 Å². The Hall–Kier alpha value is -1.29. The van der Waals surface area contributed by atoms with Crippen molar-refractivity contribution in [2.45, 2.75) is 19.4 Å². The first-order valence-electron chi connectivity index (χ1n) is 4.66. The van der Waals surface area contributed by atoms with Crippen LogP contribution in [0.15, 0.2) is 18.2 Å². The van der Waals surface area contributed by atoms with Crippen molar-refractivity contribution in [3.05, 3.63) is 35.4 Å². The third-order valence-electron chi connectivity index (χ3n) is 2.19. The van der Waals surface area contributed by atoms with Crippen LogP contribution in [0.5, 0.6) is 0 Å². The number of carbonyl (C=O) groups is 1. The van der Waals surface area contributed by atoms with Gasteiger partial charge in [0.25, 0.3) is 0 Å². The summed E-state index contributed by atoms with van der Waals surface area (Å²) in [5, 5.41) is 2.89. The lowest BCUT2D eigenvalue weighted by Gasteiger charge is -2.14. The fourth-order valence-electron chi connectivity index (χ4n) is 1.40. The normalized spacial score (nSPS) is 12.5. The minimum atomic E-state index is -0.892. The summed E-state index contributed by atoms with van der Waals surface area (Å²) < 4.78 is 25.6. The van der Waals surface area contributed by atoms with E-state index in [1.165, 1.54) is 13.0 Å². The van der Waals surface area contributed by atoms with Gasteiger partial charge in [-0.05, 0) is 31.7 Å². The van der Waals surface area contributed by atoms with Crippen molar-refractivity contribution < 1.29 is 13.6 Å². The largest absolute Gasteiger partial charge is 0.313 e. The lowest BCUT2D eigenvalue weighted by Crippen LogP contribution is -2.19. The molecule has 0 saturated carbocycles. The fourth-order valence-corrected chi connectivity index (χ4v) is 1.40. The summed E-state index contributed by atoms with van der Waals surface area (Å²) in [6.07, 6.45) is 0.265. The second kappa shape index (κ2) is 4.98. The molecule has 1 N–H and O–H groups in total. The quantitative estimate of drug-likeness (QED) is 0.830. The highest BCUT2D eigenvalue weighted by molar-refractivity contribution is 5.76. The van der Waals surface area contributed by atoms with E-state index in [1.54, 1.807) is 7.05 Å². The van der Waals surface area contributed by atoms with E-state index in [0.717, 1.165) is 12.1 Å². The van der Waals surface area contributed by atoms with Crippen molar-refractivity contribution in [1.82, 2.24) is 5.32 Å². The molecule has 2 nitrogen and oxygen atoms in total. The van der Waals surface area contributed by atoms with Crippen molar-refractivity contribution in [3.63, 3.8) is 0 Å². The second-order valence-electron chi connectivity index (χ2n) is 3.42. The molecule has 82 valence electrons. The van der Waals surface area contributed by atoms with Crippen LogP contribution in [0.4, 0.5) is 8.78 Å². The monoisotopic (exact) mass is 213 g/mol. The summed E-state index contributed by atoms with van der Waals surface area (Å²) in [4.78, 5) is 10.9. The zero-order valence-electron chi connectivity index (χ0n) is 8.68. The number of ketones is 1. The lowest BCUT2D eigenvalue weighted by molar-refractivity contribution is -0.117. The average Bonchev–Trinajstić information content (AvgIpc) is 2.18. The summed E-state index contributed by atoms with van der Waals surface area (Å²) >= 11 is 0. The Labute approximate surface area is 87.3 Å². The molecule has 1 unspecified atom stereocenters. The Morgan fingerprint density at radius 1 is 1.40 bits per heavy atom. The highest BCUT2D eigenvalue weighted by atomic mass is 19.2. The third kappa shape index (κ3) is 3.09. The maximum atomic E-state index is 12.9. The van der Waals surface area contributed by atoms with E-state index in [-0.39, 0.29) is 18.2 Å². The number of nitrogens with one attached hydrogen (secondary N) is 1. The molecule has 4 heteroatoms. The van der Waals surface area contributed by atoms with Gasteiger partial charge in [0, 0.05) is 12.5 Å². The molecule has 0 aliphatic rings. The first-order chi connectivity index (χ1) is 7.04. The Bertz CT molecular complexity index is 366. The number of hydrogen-bond acceptors (Lipinski definition) is 2. The van der Waals surface area contributed by atoms with Crippen LogP contribution in [0.25, 0.3) is 0 Å². The Morgan fingerprint density at radius 3 is 2.53 bits per heavy atom. The van der Waals surface area contributed by atoms with E-state index in [1.807, 2.05) is 0 Å². The van der Waals surface area contributed by atoms with Gasteiger partial charge >= 0.3 is 0 Å². The van der Waals surface area contributed by atoms with E-state index in [0.29, 0.717) is 5.56 Å². The SMILES string of the molecule is CNC(CC(C)=O)c1ccc(F)c(F)c1. The van der Waals surface area contributed by atoms with Crippen LogP contribution in [-0.2, 0) is 4.79 Å². The van der Waals surface area contributed by atoms with Crippen LogP contribution >= 0.6 is 0 Å². The molecule has 0 aromatic heterocycles. The van der Waals surface area contributed by atoms with Gasteiger partial charge in [0.15, 0.2) is 11.6 Å². The molecule has 1 atom stereocenters. The number of Topliss-reactive ketones (excluding diaryl/α,β-unsaturated/α-hetero) is 1. The van der Waals surface area contributed by atoms with Gasteiger partial charge in [0.2, 0.25) is 0 Å². The molecule has 1 rings (SSSR count). The van der Waals surface area contributed by atoms with Crippen LogP contribution in [0, 0.1) is 11.6 Å². The van der Waals surface area contributed by atoms with E-state index in [2.05, 4.69) is 5.32 Å². The molecular weight excluding hydrogens is 200 g/mol. The third-order valence-corrected chi connectivity index (χ3v) is 2.19. The highest BCUT2D eigenvalue weighted by Gasteiger charge is 2.13. The molecule has 0 heterocycles. The van der Waals surface area contributed by atoms with Gasteiger partial charge in [-0.25, -0.2) is 8.78 Å². The molecule has 0 amide bonds. The number of halogens is 2. The summed E-state index contributed by atoms with van der Waals surface area (Å²) in [7, 11) is 1.68. The second-order valence-corrected chi connectivity index (χ2v) is 3.42. The number of rotatable bonds is 4. The molecule has 0 bridgehead atoms. The summed E-state index contributed by atoms with van der Waals surface area (Å²) in [6.45, 7) is 1.46. The zero-order chi connectivity index (χ0) is 11.4. The maximum Gasteiger partial charge on any atom is 0.159 e. The summed E-state index contributed by atoms with van der Waals surface area (Å²) in [5.74, 6) is -1.77. The van der Waals surface area contributed by atoms with Gasteiger partial charge < -0.3 is 5.32 Å². The molecule has 0 spiro atoms. The first-order valence-corrected chi connectivity index (χ1v) is 4.66. The fraction of sp³-hybridized carbons (Fsp3) is 0.364. The van der Waals surface area contributed by atoms with Gasteiger partial charge in [-0.1, -0.05) is 6.07 Å². The first kappa shape index (κ1) is 11.8. The highest BCUT2D eigenvalue weighted by Crippen LogP contribution is 2.19. The zero-order valence-corrected chi connectivity index (χ0v) is 8.68. The number of hydrogen-bond donors (Lipinski definition) is 1. The van der Waals surface area contributed by atoms with Crippen LogP contribution in [0.2, 0.25) is 0 Å². The van der Waals surface area contributed by atoms with Crippen molar-refractivity contribution in [1.29, 1.82) is 0 Å². The lowest BCUT2D eigenvalue weighted by atomic mass is 10.0. The van der Waals surface area contributed by atoms with Crippen molar-refractivity contribution in [2.24, 2.45) is 0 Å². The van der Waals surface area contributed by atoms with Gasteiger partial charge in [0.05, 0.1) is 0 Å². The van der Waals surface area contributed by atoms with E-state index >= 15 is 0 Å². The minimum Gasteiger partial charge on any atom is -0.313 e. The number of carbonyl (C=O) groups excluding carboxylic acids is 1. The van der Waals surface area contributed by atoms with E-state index in [9.17, 15) is 13.6 Å². The topological polar surface area (TPSA) is 29.1 Å². The molecule has 0 aliphatic carbocycles. The van der Waals surface area contributed by atoms with Crippen molar-refractivity contribution >= 4 is 5.78 Å². The van der Waals surface area contributed by atoms with Crippen LogP contribution in [0.1, 0.15) is 24.9 Å². The molecule has 0 aliphatic heterocycles. The van der Waals surface area contributed by atoms with Crippen LogP contribution in [-0.4, -0.2) is 12.8 Å². The average molecular weight is 213 g/mol. The molecule has 1 aromatic rings. The summed E-state index contributed by atoms with van der Waals surface area (Å²) in [6, 6.07) is 3.38. The van der Waals surface area contributed by atoms with Crippen LogP contribution < -0.4 is 5.32 Å². The van der Waals surface area contributed by atoms with E-state index in [4.69, 9.17) is 0 Å². The van der Waals surface area contributed by atoms with Gasteiger partial charge in [-0.3, -0.25) is 4.79 Å². The minimum absolute atomic E-state index is 0.000849. The molecule has 0 saturated heterocycles. The Kier molecular flexibility index (Phi) is 3.91. The smallest absolute Gasteiger partial charge is 0.159 e. The Morgan fingerprint density at radius 2 is 2.07 bits per heavy atom. The van der Waals surface area contributed by atoms with Gasteiger partial charge in [0.1, 0.15) is 5.78 Å². The molecule has 0 fully saturated rings. The van der Waals surface area contributed by atoms with Gasteiger partial charge in [-0.2, -0.15) is 0 Å². The molecular formula is C11H13F2NO. The molecule has 15 heavy (non-hydrogen) atoms. The maximum absolute atomic E-state index is 12.9. The van der Waals surface area contributed by atoms with Crippen molar-refractivity contribution in [3.8, 4) is 0 Å².